The third kappa shape index (κ3) is 2.34. The highest BCUT2D eigenvalue weighted by atomic mass is 32.1. The van der Waals surface area contributed by atoms with Crippen LogP contribution in [-0.4, -0.2) is 4.98 Å². The molecule has 0 aliphatic rings. The molecule has 1 aromatic carbocycles. The van der Waals surface area contributed by atoms with Crippen LogP contribution in [0.15, 0.2) is 42.6 Å². The summed E-state index contributed by atoms with van der Waals surface area (Å²) in [6, 6.07) is 8.92. The minimum absolute atomic E-state index is 0.573. The van der Waals surface area contributed by atoms with Crippen LogP contribution in [0.25, 0.3) is 20.7 Å². The van der Waals surface area contributed by atoms with Crippen molar-refractivity contribution in [3.8, 4) is 10.6 Å². The summed E-state index contributed by atoms with van der Waals surface area (Å²) in [4.78, 5) is 4.98. The summed E-state index contributed by atoms with van der Waals surface area (Å²) in [6.07, 6.45) is -2.75. The van der Waals surface area contributed by atoms with Crippen LogP contribution in [0.1, 0.15) is 5.56 Å². The van der Waals surface area contributed by atoms with E-state index in [0.29, 0.717) is 16.1 Å². The SMILES string of the molecule is Nc1ccnc(-c2cc3ccc(C(F)(F)F)cc3s2)c1. The zero-order valence-corrected chi connectivity index (χ0v) is 10.9. The van der Waals surface area contributed by atoms with E-state index in [1.165, 1.54) is 17.4 Å². The summed E-state index contributed by atoms with van der Waals surface area (Å²) in [6.45, 7) is 0. The van der Waals surface area contributed by atoms with Gasteiger partial charge in [-0.1, -0.05) is 6.07 Å². The van der Waals surface area contributed by atoms with Crippen molar-refractivity contribution >= 4 is 27.1 Å². The summed E-state index contributed by atoms with van der Waals surface area (Å²) in [5.74, 6) is 0. The maximum absolute atomic E-state index is 12.7. The molecule has 2 N–H and O–H groups in total. The molecule has 0 amide bonds. The quantitative estimate of drug-likeness (QED) is 0.714. The molecule has 0 radical (unpaired) electrons. The molecule has 3 aromatic rings. The zero-order valence-electron chi connectivity index (χ0n) is 10.1. The number of hydrogen-bond acceptors (Lipinski definition) is 3. The van der Waals surface area contributed by atoms with Gasteiger partial charge < -0.3 is 5.73 Å². The van der Waals surface area contributed by atoms with Gasteiger partial charge in [-0.3, -0.25) is 4.98 Å². The number of aromatic nitrogens is 1. The van der Waals surface area contributed by atoms with Crippen molar-refractivity contribution in [3.05, 3.63) is 48.2 Å². The van der Waals surface area contributed by atoms with Crippen LogP contribution in [-0.2, 0) is 6.18 Å². The van der Waals surface area contributed by atoms with Gasteiger partial charge in [0.1, 0.15) is 0 Å². The molecule has 0 saturated heterocycles. The van der Waals surface area contributed by atoms with Crippen molar-refractivity contribution in [2.45, 2.75) is 6.18 Å². The van der Waals surface area contributed by atoms with E-state index in [1.807, 2.05) is 6.07 Å². The third-order valence-electron chi connectivity index (χ3n) is 2.88. The Hall–Kier alpha value is -2.08. The number of benzene rings is 1. The Kier molecular flexibility index (Phi) is 2.90. The van der Waals surface area contributed by atoms with Gasteiger partial charge in [0.25, 0.3) is 0 Å². The van der Waals surface area contributed by atoms with Crippen molar-refractivity contribution in [2.75, 3.05) is 5.73 Å². The molecule has 102 valence electrons. The fraction of sp³-hybridized carbons (Fsp3) is 0.0714. The smallest absolute Gasteiger partial charge is 0.399 e. The highest BCUT2D eigenvalue weighted by Crippen LogP contribution is 2.37. The van der Waals surface area contributed by atoms with E-state index in [2.05, 4.69) is 4.98 Å². The number of nitrogens with two attached hydrogens (primary N) is 1. The van der Waals surface area contributed by atoms with Crippen molar-refractivity contribution < 1.29 is 13.2 Å². The molecule has 2 heterocycles. The zero-order chi connectivity index (χ0) is 14.3. The van der Waals surface area contributed by atoms with Crippen LogP contribution in [0, 0.1) is 0 Å². The lowest BCUT2D eigenvalue weighted by atomic mass is 10.1. The Morgan fingerprint density at radius 1 is 1.05 bits per heavy atom. The number of halogens is 3. The Labute approximate surface area is 116 Å². The second-order valence-corrected chi connectivity index (χ2v) is 5.42. The molecule has 6 heteroatoms. The molecule has 0 spiro atoms. The maximum Gasteiger partial charge on any atom is 0.416 e. The maximum atomic E-state index is 12.7. The standard InChI is InChI=1S/C14H9F3N2S/c15-14(16,17)9-2-1-8-5-13(20-12(8)6-9)11-7-10(18)3-4-19-11/h1-7H,(H2,18,19). The van der Waals surface area contributed by atoms with Gasteiger partial charge in [-0.15, -0.1) is 11.3 Å². The molecular formula is C14H9F3N2S. The fourth-order valence-corrected chi connectivity index (χ4v) is 2.99. The van der Waals surface area contributed by atoms with Gasteiger partial charge in [0, 0.05) is 16.6 Å². The molecule has 0 bridgehead atoms. The number of fused-ring (bicyclic) bond motifs is 1. The number of anilines is 1. The average molecular weight is 294 g/mol. The Morgan fingerprint density at radius 2 is 1.85 bits per heavy atom. The van der Waals surface area contributed by atoms with Gasteiger partial charge >= 0.3 is 6.18 Å². The number of rotatable bonds is 1. The number of thiophene rings is 1. The van der Waals surface area contributed by atoms with Crippen molar-refractivity contribution in [1.82, 2.24) is 4.98 Å². The van der Waals surface area contributed by atoms with E-state index in [1.54, 1.807) is 18.3 Å². The minimum atomic E-state index is -4.33. The lowest BCUT2D eigenvalue weighted by molar-refractivity contribution is -0.137. The van der Waals surface area contributed by atoms with Gasteiger partial charge in [-0.2, -0.15) is 13.2 Å². The Morgan fingerprint density at radius 3 is 2.55 bits per heavy atom. The fourth-order valence-electron chi connectivity index (χ4n) is 1.92. The average Bonchev–Trinajstić information content (AvgIpc) is 2.80. The first-order valence-electron chi connectivity index (χ1n) is 5.76. The number of hydrogen-bond donors (Lipinski definition) is 1. The van der Waals surface area contributed by atoms with Gasteiger partial charge in [0.15, 0.2) is 0 Å². The third-order valence-corrected chi connectivity index (χ3v) is 4.00. The van der Waals surface area contributed by atoms with Crippen LogP contribution >= 0.6 is 11.3 Å². The van der Waals surface area contributed by atoms with Gasteiger partial charge in [-0.05, 0) is 35.7 Å². The van der Waals surface area contributed by atoms with E-state index in [4.69, 9.17) is 5.73 Å². The molecule has 0 saturated carbocycles. The lowest BCUT2D eigenvalue weighted by Crippen LogP contribution is -2.03. The monoisotopic (exact) mass is 294 g/mol. The van der Waals surface area contributed by atoms with E-state index in [9.17, 15) is 13.2 Å². The molecule has 0 aliphatic carbocycles. The number of nitrogens with zero attached hydrogens (tertiary/aromatic N) is 1. The van der Waals surface area contributed by atoms with Crippen LogP contribution in [0.5, 0.6) is 0 Å². The Balaban J connectivity index is 2.11. The van der Waals surface area contributed by atoms with Crippen LogP contribution in [0.2, 0.25) is 0 Å². The summed E-state index contributed by atoms with van der Waals surface area (Å²) < 4.78 is 38.6. The van der Waals surface area contributed by atoms with Crippen LogP contribution in [0.3, 0.4) is 0 Å². The van der Waals surface area contributed by atoms with Gasteiger partial charge in [0.05, 0.1) is 16.1 Å². The molecule has 3 rings (SSSR count). The van der Waals surface area contributed by atoms with E-state index >= 15 is 0 Å². The summed E-state index contributed by atoms with van der Waals surface area (Å²) >= 11 is 1.27. The minimum Gasteiger partial charge on any atom is -0.399 e. The highest BCUT2D eigenvalue weighted by Gasteiger charge is 2.30. The number of pyridine rings is 1. The van der Waals surface area contributed by atoms with Crippen LogP contribution < -0.4 is 5.73 Å². The molecule has 0 unspecified atom stereocenters. The largest absolute Gasteiger partial charge is 0.416 e. The first kappa shape index (κ1) is 12.9. The van der Waals surface area contributed by atoms with E-state index in [0.717, 1.165) is 22.4 Å². The molecule has 2 nitrogen and oxygen atoms in total. The summed E-state index contributed by atoms with van der Waals surface area (Å²) in [5.41, 5.74) is 6.29. The first-order chi connectivity index (χ1) is 9.43. The van der Waals surface area contributed by atoms with Crippen molar-refractivity contribution in [1.29, 1.82) is 0 Å². The number of alkyl halides is 3. The molecular weight excluding hydrogens is 285 g/mol. The number of nitrogen functional groups attached to an aromatic ring is 1. The predicted octanol–water partition coefficient (Wildman–Crippen LogP) is 4.56. The normalized spacial score (nSPS) is 11.9. The second-order valence-electron chi connectivity index (χ2n) is 4.34. The topological polar surface area (TPSA) is 38.9 Å². The first-order valence-corrected chi connectivity index (χ1v) is 6.58. The van der Waals surface area contributed by atoms with E-state index in [-0.39, 0.29) is 0 Å². The van der Waals surface area contributed by atoms with Crippen molar-refractivity contribution in [2.24, 2.45) is 0 Å². The molecule has 0 atom stereocenters. The highest BCUT2D eigenvalue weighted by molar-refractivity contribution is 7.22. The van der Waals surface area contributed by atoms with Crippen molar-refractivity contribution in [3.63, 3.8) is 0 Å². The predicted molar refractivity (Wildman–Crippen MR) is 74.5 cm³/mol. The molecule has 0 aliphatic heterocycles. The van der Waals surface area contributed by atoms with E-state index < -0.39 is 11.7 Å². The summed E-state index contributed by atoms with van der Waals surface area (Å²) in [5, 5.41) is 0.766. The summed E-state index contributed by atoms with van der Waals surface area (Å²) in [7, 11) is 0. The van der Waals surface area contributed by atoms with Gasteiger partial charge in [0.2, 0.25) is 0 Å². The second kappa shape index (κ2) is 4.49. The Bertz CT molecular complexity index is 777. The van der Waals surface area contributed by atoms with Gasteiger partial charge in [-0.25, -0.2) is 0 Å². The lowest BCUT2D eigenvalue weighted by Gasteiger charge is -2.05. The van der Waals surface area contributed by atoms with Crippen LogP contribution in [0.4, 0.5) is 18.9 Å². The molecule has 2 aromatic heterocycles. The molecule has 20 heavy (non-hydrogen) atoms. The molecule has 0 fully saturated rings.